The third-order valence-corrected chi connectivity index (χ3v) is 3.00. The smallest absolute Gasteiger partial charge is 0.260 e. The SMILES string of the molecule is COc1ccc(C(C)C)cc1C(=O)Nc1cc(C)on1. The van der Waals surface area contributed by atoms with Crippen molar-refractivity contribution in [3.8, 4) is 5.75 Å². The van der Waals surface area contributed by atoms with Crippen LogP contribution in [0.4, 0.5) is 5.82 Å². The van der Waals surface area contributed by atoms with Crippen LogP contribution in [0.5, 0.6) is 5.75 Å². The van der Waals surface area contributed by atoms with Gasteiger partial charge in [-0.3, -0.25) is 4.79 Å². The van der Waals surface area contributed by atoms with Crippen molar-refractivity contribution >= 4 is 11.7 Å². The zero-order valence-electron chi connectivity index (χ0n) is 12.1. The predicted molar refractivity (Wildman–Crippen MR) is 76.3 cm³/mol. The Morgan fingerprint density at radius 2 is 2.10 bits per heavy atom. The molecule has 0 bridgehead atoms. The fourth-order valence-corrected chi connectivity index (χ4v) is 1.87. The van der Waals surface area contributed by atoms with Gasteiger partial charge in [-0.25, -0.2) is 0 Å². The molecule has 20 heavy (non-hydrogen) atoms. The second-order valence-corrected chi connectivity index (χ2v) is 4.89. The molecule has 0 aliphatic heterocycles. The Morgan fingerprint density at radius 1 is 1.35 bits per heavy atom. The fraction of sp³-hybridized carbons (Fsp3) is 0.333. The van der Waals surface area contributed by atoms with Gasteiger partial charge in [0.05, 0.1) is 12.7 Å². The summed E-state index contributed by atoms with van der Waals surface area (Å²) in [4.78, 5) is 12.3. The molecule has 0 unspecified atom stereocenters. The van der Waals surface area contributed by atoms with E-state index in [9.17, 15) is 4.79 Å². The Kier molecular flexibility index (Phi) is 4.08. The van der Waals surface area contributed by atoms with E-state index >= 15 is 0 Å². The summed E-state index contributed by atoms with van der Waals surface area (Å²) < 4.78 is 10.2. The first kappa shape index (κ1) is 14.1. The number of hydrogen-bond acceptors (Lipinski definition) is 4. The van der Waals surface area contributed by atoms with Crippen molar-refractivity contribution in [2.45, 2.75) is 26.7 Å². The predicted octanol–water partition coefficient (Wildman–Crippen LogP) is 3.37. The quantitative estimate of drug-likeness (QED) is 0.928. The van der Waals surface area contributed by atoms with Gasteiger partial charge < -0.3 is 14.6 Å². The molecule has 2 rings (SSSR count). The average molecular weight is 274 g/mol. The molecule has 1 amide bonds. The lowest BCUT2D eigenvalue weighted by Crippen LogP contribution is -2.14. The molecule has 1 aromatic carbocycles. The molecule has 5 nitrogen and oxygen atoms in total. The Labute approximate surface area is 117 Å². The summed E-state index contributed by atoms with van der Waals surface area (Å²) in [7, 11) is 1.54. The lowest BCUT2D eigenvalue weighted by Gasteiger charge is -2.12. The molecule has 0 aliphatic carbocycles. The van der Waals surface area contributed by atoms with Crippen LogP contribution in [0.3, 0.4) is 0 Å². The molecule has 1 aromatic heterocycles. The van der Waals surface area contributed by atoms with Crippen LogP contribution in [-0.2, 0) is 0 Å². The van der Waals surface area contributed by atoms with Crippen molar-refractivity contribution in [3.05, 3.63) is 41.2 Å². The molecule has 2 aromatic rings. The number of benzene rings is 1. The van der Waals surface area contributed by atoms with E-state index in [1.807, 2.05) is 12.1 Å². The van der Waals surface area contributed by atoms with Crippen LogP contribution in [0.15, 0.2) is 28.8 Å². The number of methoxy groups -OCH3 is 1. The van der Waals surface area contributed by atoms with Crippen LogP contribution in [-0.4, -0.2) is 18.2 Å². The average Bonchev–Trinajstić information content (AvgIpc) is 2.83. The van der Waals surface area contributed by atoms with Gasteiger partial charge in [0.25, 0.3) is 5.91 Å². The maximum atomic E-state index is 12.3. The molecule has 0 spiro atoms. The molecule has 0 fully saturated rings. The summed E-state index contributed by atoms with van der Waals surface area (Å²) in [5.74, 6) is 1.64. The number of carbonyl (C=O) groups excluding carboxylic acids is 1. The maximum Gasteiger partial charge on any atom is 0.260 e. The molecule has 5 heteroatoms. The van der Waals surface area contributed by atoms with Crippen molar-refractivity contribution in [2.24, 2.45) is 0 Å². The maximum absolute atomic E-state index is 12.3. The molecular formula is C15H18N2O3. The minimum absolute atomic E-state index is 0.266. The van der Waals surface area contributed by atoms with E-state index < -0.39 is 0 Å². The van der Waals surface area contributed by atoms with Gasteiger partial charge in [-0.15, -0.1) is 0 Å². The van der Waals surface area contributed by atoms with E-state index in [2.05, 4.69) is 24.3 Å². The monoisotopic (exact) mass is 274 g/mol. The third-order valence-electron chi connectivity index (χ3n) is 3.00. The van der Waals surface area contributed by atoms with E-state index in [1.165, 1.54) is 0 Å². The van der Waals surface area contributed by atoms with Gasteiger partial charge in [0, 0.05) is 6.07 Å². The van der Waals surface area contributed by atoms with E-state index in [4.69, 9.17) is 9.26 Å². The zero-order chi connectivity index (χ0) is 14.7. The Balaban J connectivity index is 2.29. The summed E-state index contributed by atoms with van der Waals surface area (Å²) in [6.45, 7) is 5.91. The molecule has 106 valence electrons. The van der Waals surface area contributed by atoms with Crippen molar-refractivity contribution in [2.75, 3.05) is 12.4 Å². The van der Waals surface area contributed by atoms with Gasteiger partial charge in [-0.05, 0) is 30.5 Å². The second-order valence-electron chi connectivity index (χ2n) is 4.89. The van der Waals surface area contributed by atoms with E-state index in [1.54, 1.807) is 26.2 Å². The molecule has 0 saturated carbocycles. The summed E-state index contributed by atoms with van der Waals surface area (Å²) in [6, 6.07) is 7.27. The van der Waals surface area contributed by atoms with Gasteiger partial charge in [0.1, 0.15) is 11.5 Å². The lowest BCUT2D eigenvalue weighted by atomic mass is 10.00. The fourth-order valence-electron chi connectivity index (χ4n) is 1.87. The minimum Gasteiger partial charge on any atom is -0.496 e. The number of anilines is 1. The normalized spacial score (nSPS) is 10.7. The molecule has 0 atom stereocenters. The Morgan fingerprint density at radius 3 is 2.65 bits per heavy atom. The van der Waals surface area contributed by atoms with Crippen LogP contribution >= 0.6 is 0 Å². The summed E-state index contributed by atoms with van der Waals surface area (Å²) in [6.07, 6.45) is 0. The van der Waals surface area contributed by atoms with Crippen LogP contribution in [0.1, 0.15) is 41.4 Å². The summed E-state index contributed by atoms with van der Waals surface area (Å²) in [5, 5.41) is 6.44. The van der Waals surface area contributed by atoms with E-state index in [0.717, 1.165) is 5.56 Å². The topological polar surface area (TPSA) is 64.4 Å². The van der Waals surface area contributed by atoms with Gasteiger partial charge in [-0.1, -0.05) is 25.1 Å². The summed E-state index contributed by atoms with van der Waals surface area (Å²) >= 11 is 0. The largest absolute Gasteiger partial charge is 0.496 e. The number of hydrogen-bond donors (Lipinski definition) is 1. The highest BCUT2D eigenvalue weighted by Gasteiger charge is 2.15. The number of nitrogens with one attached hydrogen (secondary N) is 1. The first-order chi connectivity index (χ1) is 9.51. The number of ether oxygens (including phenoxy) is 1. The van der Waals surface area contributed by atoms with E-state index in [0.29, 0.717) is 28.8 Å². The highest BCUT2D eigenvalue weighted by Crippen LogP contribution is 2.25. The van der Waals surface area contributed by atoms with Gasteiger partial charge in [0.15, 0.2) is 5.82 Å². The number of nitrogens with zero attached hydrogens (tertiary/aromatic N) is 1. The van der Waals surface area contributed by atoms with Crippen molar-refractivity contribution in [3.63, 3.8) is 0 Å². The standard InChI is InChI=1S/C15H18N2O3/c1-9(2)11-5-6-13(19-4)12(8-11)15(18)16-14-7-10(3)20-17-14/h5-9H,1-4H3,(H,16,17,18). The Hall–Kier alpha value is -2.30. The molecule has 0 aliphatic rings. The van der Waals surface area contributed by atoms with Crippen molar-refractivity contribution in [1.82, 2.24) is 5.16 Å². The number of carbonyl (C=O) groups is 1. The molecule has 1 heterocycles. The first-order valence-corrected chi connectivity index (χ1v) is 6.44. The van der Waals surface area contributed by atoms with Crippen LogP contribution in [0.25, 0.3) is 0 Å². The van der Waals surface area contributed by atoms with E-state index in [-0.39, 0.29) is 5.91 Å². The van der Waals surface area contributed by atoms with Crippen molar-refractivity contribution in [1.29, 1.82) is 0 Å². The Bertz CT molecular complexity index is 617. The highest BCUT2D eigenvalue weighted by atomic mass is 16.5. The third kappa shape index (κ3) is 2.99. The highest BCUT2D eigenvalue weighted by molar-refractivity contribution is 6.05. The summed E-state index contributed by atoms with van der Waals surface area (Å²) in [5.41, 5.74) is 1.56. The van der Waals surface area contributed by atoms with Gasteiger partial charge in [-0.2, -0.15) is 0 Å². The molecule has 0 saturated heterocycles. The number of amides is 1. The molecule has 1 N–H and O–H groups in total. The van der Waals surface area contributed by atoms with Gasteiger partial charge >= 0.3 is 0 Å². The van der Waals surface area contributed by atoms with Gasteiger partial charge in [0.2, 0.25) is 0 Å². The lowest BCUT2D eigenvalue weighted by molar-refractivity contribution is 0.102. The van der Waals surface area contributed by atoms with Crippen LogP contribution in [0.2, 0.25) is 0 Å². The van der Waals surface area contributed by atoms with Crippen LogP contribution < -0.4 is 10.1 Å². The number of aromatic nitrogens is 1. The minimum atomic E-state index is -0.266. The second kappa shape index (κ2) is 5.77. The molecular weight excluding hydrogens is 256 g/mol. The zero-order valence-corrected chi connectivity index (χ0v) is 12.1. The number of aryl methyl sites for hydroxylation is 1. The van der Waals surface area contributed by atoms with Crippen LogP contribution in [0, 0.1) is 6.92 Å². The number of rotatable bonds is 4. The van der Waals surface area contributed by atoms with Crippen molar-refractivity contribution < 1.29 is 14.1 Å². The molecule has 0 radical (unpaired) electrons. The first-order valence-electron chi connectivity index (χ1n) is 6.44.